The smallest absolute Gasteiger partial charge is 0.233 e. The van der Waals surface area contributed by atoms with E-state index in [1.54, 1.807) is 6.92 Å². The van der Waals surface area contributed by atoms with E-state index in [1.165, 1.54) is 4.90 Å². The maximum Gasteiger partial charge on any atom is 0.233 e. The molecule has 7 heteroatoms. The van der Waals surface area contributed by atoms with E-state index >= 15 is 0 Å². The summed E-state index contributed by atoms with van der Waals surface area (Å²) in [5.41, 5.74) is 10.5. The molecule has 2 atom stereocenters. The van der Waals surface area contributed by atoms with Crippen molar-refractivity contribution in [1.82, 2.24) is 4.90 Å². The Morgan fingerprint density at radius 3 is 2.56 bits per heavy atom. The first-order chi connectivity index (χ1) is 7.47. The molecule has 0 aromatic rings. The quantitative estimate of drug-likeness (QED) is 0.240. The molecular weight excluding hydrogens is 212 g/mol. The lowest BCUT2D eigenvalue weighted by atomic mass is 10.1. The van der Waals surface area contributed by atoms with Crippen LogP contribution >= 0.6 is 0 Å². The molecule has 0 bridgehead atoms. The lowest BCUT2D eigenvalue weighted by Gasteiger charge is -2.19. The molecule has 0 radical (unpaired) electrons. The van der Waals surface area contributed by atoms with E-state index in [9.17, 15) is 9.59 Å². The first-order valence-electron chi connectivity index (χ1n) is 5.03. The van der Waals surface area contributed by atoms with Crippen molar-refractivity contribution in [3.63, 3.8) is 0 Å². The molecule has 5 N–H and O–H groups in total. The molecule has 1 heterocycles. The molecule has 1 rings (SSSR count). The summed E-state index contributed by atoms with van der Waals surface area (Å²) in [6, 6.07) is 0. The predicted octanol–water partition coefficient (Wildman–Crippen LogP) is -1.30. The second kappa shape index (κ2) is 4.82. The van der Waals surface area contributed by atoms with E-state index in [1.807, 2.05) is 0 Å². The predicted molar refractivity (Wildman–Crippen MR) is 56.5 cm³/mol. The molecule has 1 fully saturated rings. The van der Waals surface area contributed by atoms with Gasteiger partial charge in [-0.05, 0) is 13.3 Å². The van der Waals surface area contributed by atoms with Crippen LogP contribution in [0, 0.1) is 11.8 Å². The molecule has 7 nitrogen and oxygen atoms in total. The van der Waals surface area contributed by atoms with Gasteiger partial charge >= 0.3 is 0 Å². The van der Waals surface area contributed by atoms with Crippen molar-refractivity contribution in [2.45, 2.75) is 13.3 Å². The molecule has 0 spiro atoms. The van der Waals surface area contributed by atoms with Crippen molar-refractivity contribution < 1.29 is 14.8 Å². The first-order valence-corrected chi connectivity index (χ1v) is 5.03. The number of nitrogens with two attached hydrogens (primary N) is 2. The van der Waals surface area contributed by atoms with Gasteiger partial charge in [-0.1, -0.05) is 5.16 Å². The van der Waals surface area contributed by atoms with Crippen LogP contribution in [-0.4, -0.2) is 40.8 Å². The van der Waals surface area contributed by atoms with E-state index in [0.29, 0.717) is 19.5 Å². The number of likely N-dealkylation sites (tertiary alicyclic amines) is 1. The number of carbonyl (C=O) groups excluding carboxylic acids is 2. The van der Waals surface area contributed by atoms with Gasteiger partial charge in [-0.3, -0.25) is 9.59 Å². The number of amides is 2. The third kappa shape index (κ3) is 2.41. The summed E-state index contributed by atoms with van der Waals surface area (Å²) in [5.74, 6) is -1.75. The molecule has 2 amide bonds. The summed E-state index contributed by atoms with van der Waals surface area (Å²) in [6.45, 7) is 2.35. The van der Waals surface area contributed by atoms with Crippen LogP contribution in [0.3, 0.4) is 0 Å². The molecular formula is C9H16N4O3. The number of primary amides is 1. The highest BCUT2D eigenvalue weighted by molar-refractivity contribution is 6.01. The fraction of sp³-hybridized carbons (Fsp3) is 0.667. The van der Waals surface area contributed by atoms with Crippen LogP contribution in [0.25, 0.3) is 0 Å². The molecule has 0 aliphatic carbocycles. The van der Waals surface area contributed by atoms with Crippen LogP contribution < -0.4 is 11.5 Å². The summed E-state index contributed by atoms with van der Waals surface area (Å²) in [4.78, 5) is 24.3. The zero-order valence-corrected chi connectivity index (χ0v) is 9.09. The summed E-state index contributed by atoms with van der Waals surface area (Å²) < 4.78 is 0. The zero-order chi connectivity index (χ0) is 12.3. The second-order valence-corrected chi connectivity index (χ2v) is 3.92. The molecule has 1 saturated heterocycles. The molecule has 0 aromatic heterocycles. The number of carbonyl (C=O) groups is 2. The van der Waals surface area contributed by atoms with Gasteiger partial charge in [0.15, 0.2) is 5.84 Å². The maximum absolute atomic E-state index is 11.8. The first kappa shape index (κ1) is 12.3. The van der Waals surface area contributed by atoms with Gasteiger partial charge in [0.2, 0.25) is 11.8 Å². The Bertz CT molecular complexity index is 329. The van der Waals surface area contributed by atoms with Crippen LogP contribution in [-0.2, 0) is 9.59 Å². The van der Waals surface area contributed by atoms with Gasteiger partial charge < -0.3 is 21.6 Å². The third-order valence-corrected chi connectivity index (χ3v) is 2.83. The van der Waals surface area contributed by atoms with Crippen LogP contribution in [0.2, 0.25) is 0 Å². The molecule has 1 aliphatic heterocycles. The van der Waals surface area contributed by atoms with Crippen molar-refractivity contribution in [2.24, 2.45) is 28.5 Å². The summed E-state index contributed by atoms with van der Waals surface area (Å²) in [5, 5.41) is 11.2. The molecule has 1 aliphatic rings. The Labute approximate surface area is 93.1 Å². The van der Waals surface area contributed by atoms with Crippen molar-refractivity contribution in [2.75, 3.05) is 13.1 Å². The topological polar surface area (TPSA) is 122 Å². The third-order valence-electron chi connectivity index (χ3n) is 2.83. The average molecular weight is 228 g/mol. The van der Waals surface area contributed by atoms with Crippen LogP contribution in [0.15, 0.2) is 5.16 Å². The van der Waals surface area contributed by atoms with Gasteiger partial charge in [-0.25, -0.2) is 0 Å². The normalized spacial score (nSPS) is 23.2. The highest BCUT2D eigenvalue weighted by Crippen LogP contribution is 2.17. The number of hydrogen-bond acceptors (Lipinski definition) is 4. The maximum atomic E-state index is 11.8. The minimum absolute atomic E-state index is 0.132. The lowest BCUT2D eigenvalue weighted by Crippen LogP contribution is -2.40. The minimum atomic E-state index is -0.684. The Kier molecular flexibility index (Phi) is 3.70. The van der Waals surface area contributed by atoms with E-state index in [4.69, 9.17) is 16.7 Å². The Morgan fingerprint density at radius 1 is 1.50 bits per heavy atom. The number of nitrogens with zero attached hydrogens (tertiary/aromatic N) is 2. The van der Waals surface area contributed by atoms with Gasteiger partial charge in [0.1, 0.15) is 0 Å². The van der Waals surface area contributed by atoms with E-state index in [0.717, 1.165) is 0 Å². The van der Waals surface area contributed by atoms with Crippen LogP contribution in [0.1, 0.15) is 13.3 Å². The SMILES string of the molecule is CC(C(=O)N1CCC(C(N)=O)C1)C(N)=NO. The monoisotopic (exact) mass is 228 g/mol. The van der Waals surface area contributed by atoms with Crippen molar-refractivity contribution in [1.29, 1.82) is 0 Å². The number of oxime groups is 1. The van der Waals surface area contributed by atoms with Crippen LogP contribution in [0.4, 0.5) is 0 Å². The molecule has 2 unspecified atom stereocenters. The Morgan fingerprint density at radius 2 is 2.12 bits per heavy atom. The fourth-order valence-electron chi connectivity index (χ4n) is 1.68. The van der Waals surface area contributed by atoms with Gasteiger partial charge in [-0.2, -0.15) is 0 Å². The van der Waals surface area contributed by atoms with Gasteiger partial charge in [-0.15, -0.1) is 0 Å². The zero-order valence-electron chi connectivity index (χ0n) is 9.09. The summed E-state index contributed by atoms with van der Waals surface area (Å²) in [7, 11) is 0. The molecule has 90 valence electrons. The lowest BCUT2D eigenvalue weighted by molar-refractivity contribution is -0.132. The summed E-state index contributed by atoms with van der Waals surface area (Å²) in [6.07, 6.45) is 0.573. The minimum Gasteiger partial charge on any atom is -0.409 e. The summed E-state index contributed by atoms with van der Waals surface area (Å²) >= 11 is 0. The molecule has 0 saturated carbocycles. The van der Waals surface area contributed by atoms with E-state index in [-0.39, 0.29) is 17.7 Å². The fourth-order valence-corrected chi connectivity index (χ4v) is 1.68. The van der Waals surface area contributed by atoms with Crippen molar-refractivity contribution >= 4 is 17.6 Å². The number of hydrogen-bond donors (Lipinski definition) is 3. The Balaban J connectivity index is 2.61. The average Bonchev–Trinajstić information content (AvgIpc) is 2.75. The van der Waals surface area contributed by atoms with Gasteiger partial charge in [0.05, 0.1) is 11.8 Å². The Hall–Kier alpha value is -1.79. The highest BCUT2D eigenvalue weighted by Gasteiger charge is 2.32. The van der Waals surface area contributed by atoms with Crippen LogP contribution in [0.5, 0.6) is 0 Å². The van der Waals surface area contributed by atoms with E-state index < -0.39 is 11.8 Å². The number of amidine groups is 1. The highest BCUT2D eigenvalue weighted by atomic mass is 16.4. The molecule has 0 aromatic carbocycles. The van der Waals surface area contributed by atoms with Gasteiger partial charge in [0.25, 0.3) is 0 Å². The number of rotatable bonds is 3. The van der Waals surface area contributed by atoms with Crippen molar-refractivity contribution in [3.05, 3.63) is 0 Å². The van der Waals surface area contributed by atoms with Gasteiger partial charge in [0, 0.05) is 13.1 Å². The standard InChI is InChI=1S/C9H16N4O3/c1-5(7(10)12-16)9(15)13-3-2-6(4-13)8(11)14/h5-6,16H,2-4H2,1H3,(H2,10,12)(H2,11,14). The second-order valence-electron chi connectivity index (χ2n) is 3.92. The largest absolute Gasteiger partial charge is 0.409 e. The van der Waals surface area contributed by atoms with E-state index in [2.05, 4.69) is 5.16 Å². The van der Waals surface area contributed by atoms with Crippen molar-refractivity contribution in [3.8, 4) is 0 Å². The molecule has 16 heavy (non-hydrogen) atoms.